The lowest BCUT2D eigenvalue weighted by Crippen LogP contribution is -2.43. The molecule has 0 aliphatic heterocycles. The van der Waals surface area contributed by atoms with Crippen LogP contribution in [0.25, 0.3) is 11.0 Å². The number of benzene rings is 1. The first-order chi connectivity index (χ1) is 11.8. The lowest BCUT2D eigenvalue weighted by molar-refractivity contribution is -0.127. The molecule has 1 aliphatic carbocycles. The molecule has 1 N–H and O–H groups in total. The highest BCUT2D eigenvalue weighted by atomic mass is 32.2. The predicted molar refractivity (Wildman–Crippen MR) is 91.6 cm³/mol. The number of carbonyl (C=O) groups excluding carboxylic acids is 1. The minimum Gasteiger partial charge on any atom is -0.385 e. The molecule has 3 rings (SSSR count). The molecule has 2 atom stereocenters. The van der Waals surface area contributed by atoms with Gasteiger partial charge in [-0.25, -0.2) is 8.42 Å². The van der Waals surface area contributed by atoms with Crippen LogP contribution in [-0.4, -0.2) is 48.4 Å². The van der Waals surface area contributed by atoms with Crippen LogP contribution in [0.1, 0.15) is 32.6 Å². The molecule has 9 heteroatoms. The van der Waals surface area contributed by atoms with Gasteiger partial charge >= 0.3 is 0 Å². The van der Waals surface area contributed by atoms with Crippen molar-refractivity contribution in [3.63, 3.8) is 0 Å². The zero-order valence-electron chi connectivity index (χ0n) is 14.3. The van der Waals surface area contributed by atoms with Gasteiger partial charge in [0.05, 0.1) is 4.90 Å². The predicted octanol–water partition coefficient (Wildman–Crippen LogP) is 0.958. The van der Waals surface area contributed by atoms with Gasteiger partial charge in [0.1, 0.15) is 11.0 Å². The van der Waals surface area contributed by atoms with E-state index < -0.39 is 9.84 Å². The van der Waals surface area contributed by atoms with E-state index in [1.165, 1.54) is 18.6 Å². The maximum atomic E-state index is 12.1. The van der Waals surface area contributed by atoms with Crippen LogP contribution in [0.4, 0.5) is 0 Å². The number of aromatic nitrogens is 3. The Bertz CT molecular complexity index is 877. The standard InChI is InChI=1S/C16H22N4O4S/c1-11-5-3-4-6-13(11)17-16(21)10-24-20-15-9-12(25(2,22)23)7-8-14(15)18-19-20/h7-9,11,13H,3-6,10H2,1-2H3,(H,17,21)/t11-,13-/m1/s1. The van der Waals surface area contributed by atoms with Crippen LogP contribution in [0.2, 0.25) is 0 Å². The van der Waals surface area contributed by atoms with Gasteiger partial charge in [-0.15, -0.1) is 5.10 Å². The number of rotatable bonds is 5. The number of nitrogens with one attached hydrogen (secondary N) is 1. The number of hydrogen-bond donors (Lipinski definition) is 1. The van der Waals surface area contributed by atoms with E-state index >= 15 is 0 Å². The molecule has 1 heterocycles. The summed E-state index contributed by atoms with van der Waals surface area (Å²) in [5.41, 5.74) is 0.899. The van der Waals surface area contributed by atoms with Gasteiger partial charge in [-0.05, 0) is 42.2 Å². The Labute approximate surface area is 146 Å². The van der Waals surface area contributed by atoms with Crippen LogP contribution in [0.5, 0.6) is 0 Å². The molecule has 1 fully saturated rings. The van der Waals surface area contributed by atoms with Crippen LogP contribution < -0.4 is 10.2 Å². The first-order valence-electron chi connectivity index (χ1n) is 8.33. The number of fused-ring (bicyclic) bond motifs is 1. The van der Waals surface area contributed by atoms with E-state index in [0.29, 0.717) is 17.0 Å². The summed E-state index contributed by atoms with van der Waals surface area (Å²) < 4.78 is 23.3. The van der Waals surface area contributed by atoms with Gasteiger partial charge in [0.2, 0.25) is 0 Å². The number of carbonyl (C=O) groups is 1. The van der Waals surface area contributed by atoms with Crippen molar-refractivity contribution in [2.75, 3.05) is 12.9 Å². The fourth-order valence-electron chi connectivity index (χ4n) is 3.10. The Morgan fingerprint density at radius 2 is 2.12 bits per heavy atom. The first-order valence-corrected chi connectivity index (χ1v) is 10.2. The van der Waals surface area contributed by atoms with Crippen molar-refractivity contribution >= 4 is 26.8 Å². The molecule has 8 nitrogen and oxygen atoms in total. The van der Waals surface area contributed by atoms with E-state index in [9.17, 15) is 13.2 Å². The van der Waals surface area contributed by atoms with Crippen LogP contribution in [0, 0.1) is 5.92 Å². The van der Waals surface area contributed by atoms with Gasteiger partial charge in [-0.1, -0.05) is 24.6 Å². The number of hydrogen-bond acceptors (Lipinski definition) is 6. The van der Waals surface area contributed by atoms with E-state index in [-0.39, 0.29) is 23.5 Å². The highest BCUT2D eigenvalue weighted by Crippen LogP contribution is 2.23. The molecule has 2 aromatic rings. The topological polar surface area (TPSA) is 103 Å². The molecule has 25 heavy (non-hydrogen) atoms. The van der Waals surface area contributed by atoms with Crippen molar-refractivity contribution in [3.05, 3.63) is 18.2 Å². The van der Waals surface area contributed by atoms with Crippen LogP contribution >= 0.6 is 0 Å². The van der Waals surface area contributed by atoms with E-state index in [0.717, 1.165) is 30.4 Å². The monoisotopic (exact) mass is 366 g/mol. The van der Waals surface area contributed by atoms with E-state index in [1.807, 2.05) is 0 Å². The fraction of sp³-hybridized carbons (Fsp3) is 0.562. The summed E-state index contributed by atoms with van der Waals surface area (Å²) in [6.45, 7) is 1.94. The third kappa shape index (κ3) is 4.09. The second kappa shape index (κ2) is 6.99. The molecule has 1 aromatic heterocycles. The first kappa shape index (κ1) is 17.7. The third-order valence-electron chi connectivity index (χ3n) is 4.59. The minimum atomic E-state index is -3.35. The molecule has 1 aromatic carbocycles. The Balaban J connectivity index is 1.67. The lowest BCUT2D eigenvalue weighted by atomic mass is 9.86. The molecule has 136 valence electrons. The fourth-order valence-corrected chi connectivity index (χ4v) is 3.74. The average molecular weight is 366 g/mol. The zero-order valence-corrected chi connectivity index (χ0v) is 15.1. The summed E-state index contributed by atoms with van der Waals surface area (Å²) in [5, 5.41) is 10.7. The normalized spacial score (nSPS) is 21.2. The molecule has 0 spiro atoms. The summed E-state index contributed by atoms with van der Waals surface area (Å²) in [4.78, 5) is 18.8. The Hall–Kier alpha value is -2.16. The Morgan fingerprint density at radius 1 is 1.36 bits per heavy atom. The van der Waals surface area contributed by atoms with E-state index in [2.05, 4.69) is 22.6 Å². The van der Waals surface area contributed by atoms with Gasteiger partial charge in [0, 0.05) is 12.3 Å². The lowest BCUT2D eigenvalue weighted by Gasteiger charge is -2.29. The molecular formula is C16H22N4O4S. The quantitative estimate of drug-likeness (QED) is 0.845. The van der Waals surface area contributed by atoms with Crippen molar-refractivity contribution in [3.8, 4) is 0 Å². The molecule has 1 aliphatic rings. The molecule has 0 radical (unpaired) electrons. The molecular weight excluding hydrogens is 344 g/mol. The summed E-state index contributed by atoms with van der Waals surface area (Å²) in [7, 11) is -3.35. The van der Waals surface area contributed by atoms with E-state index in [1.54, 1.807) is 6.07 Å². The van der Waals surface area contributed by atoms with Crippen LogP contribution in [-0.2, 0) is 14.6 Å². The Kier molecular flexibility index (Phi) is 4.94. The molecule has 0 saturated heterocycles. The van der Waals surface area contributed by atoms with Crippen molar-refractivity contribution in [2.45, 2.75) is 43.5 Å². The molecule has 1 amide bonds. The highest BCUT2D eigenvalue weighted by Gasteiger charge is 2.23. The van der Waals surface area contributed by atoms with Crippen molar-refractivity contribution in [1.82, 2.24) is 20.5 Å². The summed E-state index contributed by atoms with van der Waals surface area (Å²) in [6.07, 6.45) is 5.56. The van der Waals surface area contributed by atoms with Crippen molar-refractivity contribution in [2.24, 2.45) is 5.92 Å². The van der Waals surface area contributed by atoms with Crippen molar-refractivity contribution < 1.29 is 18.0 Å². The maximum absolute atomic E-state index is 12.1. The highest BCUT2D eigenvalue weighted by molar-refractivity contribution is 7.90. The third-order valence-corrected chi connectivity index (χ3v) is 5.70. The van der Waals surface area contributed by atoms with Crippen LogP contribution in [0.3, 0.4) is 0 Å². The van der Waals surface area contributed by atoms with Gasteiger partial charge in [-0.3, -0.25) is 4.79 Å². The number of amides is 1. The Morgan fingerprint density at radius 3 is 2.84 bits per heavy atom. The van der Waals surface area contributed by atoms with Gasteiger partial charge in [0.15, 0.2) is 16.4 Å². The molecule has 1 saturated carbocycles. The smallest absolute Gasteiger partial charge is 0.261 e. The van der Waals surface area contributed by atoms with E-state index in [4.69, 9.17) is 4.84 Å². The summed E-state index contributed by atoms with van der Waals surface area (Å²) in [5.74, 6) is 0.240. The average Bonchev–Trinajstić information content (AvgIpc) is 2.96. The molecule has 0 unspecified atom stereocenters. The van der Waals surface area contributed by atoms with Crippen molar-refractivity contribution in [1.29, 1.82) is 0 Å². The summed E-state index contributed by atoms with van der Waals surface area (Å²) >= 11 is 0. The second-order valence-electron chi connectivity index (χ2n) is 6.59. The number of sulfone groups is 1. The SMILES string of the molecule is C[C@@H]1CCCC[C@H]1NC(=O)COn1nnc2ccc(S(C)(=O)=O)cc21. The largest absolute Gasteiger partial charge is 0.385 e. The second-order valence-corrected chi connectivity index (χ2v) is 8.61. The van der Waals surface area contributed by atoms with Crippen LogP contribution in [0.15, 0.2) is 23.1 Å². The minimum absolute atomic E-state index is 0.146. The van der Waals surface area contributed by atoms with Gasteiger partial charge < -0.3 is 10.2 Å². The molecule has 0 bridgehead atoms. The summed E-state index contributed by atoms with van der Waals surface area (Å²) in [6, 6.07) is 4.64. The number of nitrogens with zero attached hydrogens (tertiary/aromatic N) is 3. The van der Waals surface area contributed by atoms with Gasteiger partial charge in [-0.2, -0.15) is 0 Å². The zero-order chi connectivity index (χ0) is 18.0. The van der Waals surface area contributed by atoms with Gasteiger partial charge in [0.25, 0.3) is 5.91 Å². The maximum Gasteiger partial charge on any atom is 0.261 e.